The number of amides is 1. The number of carbonyl (C=O) groups excluding carboxylic acids is 1. The van der Waals surface area contributed by atoms with Gasteiger partial charge in [-0.3, -0.25) is 4.79 Å². The fourth-order valence-corrected chi connectivity index (χ4v) is 3.56. The van der Waals surface area contributed by atoms with Crippen LogP contribution in [-0.4, -0.2) is 50.8 Å². The molecule has 5 nitrogen and oxygen atoms in total. The van der Waals surface area contributed by atoms with Crippen LogP contribution < -0.4 is 10.1 Å². The van der Waals surface area contributed by atoms with Gasteiger partial charge in [-0.2, -0.15) is 0 Å². The fraction of sp³-hybridized carbons (Fsp3) is 0.409. The Morgan fingerprint density at radius 3 is 2.82 bits per heavy atom. The van der Waals surface area contributed by atoms with E-state index in [1.54, 1.807) is 12.1 Å². The number of ether oxygens (including phenoxy) is 2. The minimum Gasteiger partial charge on any atom is -0.491 e. The molecule has 3 rings (SSSR count). The van der Waals surface area contributed by atoms with Crippen LogP contribution in [0.25, 0.3) is 0 Å². The monoisotopic (exact) mass is 402 g/mol. The lowest BCUT2D eigenvalue weighted by Crippen LogP contribution is -2.34. The summed E-state index contributed by atoms with van der Waals surface area (Å²) in [6.07, 6.45) is 2.25. The largest absolute Gasteiger partial charge is 0.491 e. The highest BCUT2D eigenvalue weighted by Gasteiger charge is 2.19. The first kappa shape index (κ1) is 20.6. The summed E-state index contributed by atoms with van der Waals surface area (Å²) in [4.78, 5) is 14.7. The lowest BCUT2D eigenvalue weighted by atomic mass is 10.1. The maximum Gasteiger partial charge on any atom is 0.251 e. The highest BCUT2D eigenvalue weighted by atomic mass is 35.5. The molecule has 2 atom stereocenters. The van der Waals surface area contributed by atoms with Gasteiger partial charge in [0.25, 0.3) is 5.91 Å². The van der Waals surface area contributed by atoms with Gasteiger partial charge in [-0.1, -0.05) is 35.9 Å². The molecule has 1 aliphatic rings. The predicted molar refractivity (Wildman–Crippen MR) is 111 cm³/mol. The van der Waals surface area contributed by atoms with Crippen molar-refractivity contribution in [2.75, 3.05) is 33.9 Å². The van der Waals surface area contributed by atoms with E-state index in [0.717, 1.165) is 25.0 Å². The first-order valence-corrected chi connectivity index (χ1v) is 9.96. The number of nitrogens with zero attached hydrogens (tertiary/aromatic N) is 1. The summed E-state index contributed by atoms with van der Waals surface area (Å²) < 4.78 is 11.4. The van der Waals surface area contributed by atoms with Crippen LogP contribution >= 0.6 is 11.6 Å². The smallest absolute Gasteiger partial charge is 0.251 e. The molecule has 0 saturated carbocycles. The molecule has 6 heteroatoms. The second-order valence-corrected chi connectivity index (χ2v) is 7.59. The number of halogens is 1. The number of likely N-dealkylation sites (N-methyl/N-ethyl adjacent to an activating group) is 1. The summed E-state index contributed by atoms with van der Waals surface area (Å²) in [5.41, 5.74) is 1.56. The van der Waals surface area contributed by atoms with E-state index < -0.39 is 0 Å². The minimum absolute atomic E-state index is 0.0170. The van der Waals surface area contributed by atoms with Crippen LogP contribution in [0.3, 0.4) is 0 Å². The highest BCUT2D eigenvalue weighted by molar-refractivity contribution is 6.31. The molecular weight excluding hydrogens is 376 g/mol. The number of carbonyl (C=O) groups is 1. The van der Waals surface area contributed by atoms with Crippen LogP contribution in [0, 0.1) is 0 Å². The molecule has 1 N–H and O–H groups in total. The zero-order valence-corrected chi connectivity index (χ0v) is 17.1. The molecule has 0 unspecified atom stereocenters. The predicted octanol–water partition coefficient (Wildman–Crippen LogP) is 3.93. The van der Waals surface area contributed by atoms with Gasteiger partial charge in [0, 0.05) is 23.7 Å². The Kier molecular flexibility index (Phi) is 7.31. The van der Waals surface area contributed by atoms with Crippen molar-refractivity contribution in [1.29, 1.82) is 0 Å². The zero-order valence-electron chi connectivity index (χ0n) is 16.4. The molecule has 0 aromatic heterocycles. The average molecular weight is 403 g/mol. The molecule has 2 aromatic carbocycles. The maximum atomic E-state index is 12.7. The molecule has 0 bridgehead atoms. The van der Waals surface area contributed by atoms with Gasteiger partial charge in [-0.05, 0) is 56.8 Å². The van der Waals surface area contributed by atoms with Crippen molar-refractivity contribution < 1.29 is 14.3 Å². The molecule has 1 aliphatic heterocycles. The first-order chi connectivity index (χ1) is 13.5. The van der Waals surface area contributed by atoms with Gasteiger partial charge < -0.3 is 19.7 Å². The molecule has 0 aliphatic carbocycles. The third-order valence-corrected chi connectivity index (χ3v) is 5.24. The number of nitrogens with one attached hydrogen (secondary N) is 1. The summed E-state index contributed by atoms with van der Waals surface area (Å²) in [6.45, 7) is 1.77. The Bertz CT molecular complexity index is 791. The van der Waals surface area contributed by atoms with Gasteiger partial charge in [0.05, 0.1) is 12.1 Å². The van der Waals surface area contributed by atoms with Crippen molar-refractivity contribution in [3.63, 3.8) is 0 Å². The summed E-state index contributed by atoms with van der Waals surface area (Å²) in [5, 5.41) is 3.71. The highest BCUT2D eigenvalue weighted by Crippen LogP contribution is 2.25. The van der Waals surface area contributed by atoms with E-state index in [1.807, 2.05) is 55.4 Å². The number of hydrogen-bond donors (Lipinski definition) is 1. The van der Waals surface area contributed by atoms with Crippen LogP contribution in [0.15, 0.2) is 48.5 Å². The Morgan fingerprint density at radius 1 is 1.29 bits per heavy atom. The fourth-order valence-electron chi connectivity index (χ4n) is 3.30. The van der Waals surface area contributed by atoms with Crippen LogP contribution in [0.5, 0.6) is 5.75 Å². The van der Waals surface area contributed by atoms with Gasteiger partial charge in [0.2, 0.25) is 0 Å². The standard InChI is InChI=1S/C22H27ClN2O3/c1-25(2)21(19-10-3-4-11-20(19)23)14-24-22(26)16-7-5-8-17(13-16)28-15-18-9-6-12-27-18/h3-5,7-8,10-11,13,18,21H,6,9,12,14-15H2,1-2H3,(H,24,26)/t18-,21-/m1/s1. The molecule has 0 radical (unpaired) electrons. The van der Waals surface area contributed by atoms with Crippen LogP contribution in [0.2, 0.25) is 5.02 Å². The number of hydrogen-bond acceptors (Lipinski definition) is 4. The molecule has 150 valence electrons. The van der Waals surface area contributed by atoms with Crippen molar-refractivity contribution >= 4 is 17.5 Å². The summed E-state index contributed by atoms with van der Waals surface area (Å²) in [6, 6.07) is 14.9. The molecule has 2 aromatic rings. The minimum atomic E-state index is -0.138. The van der Waals surface area contributed by atoms with E-state index in [0.29, 0.717) is 29.5 Å². The van der Waals surface area contributed by atoms with E-state index in [2.05, 4.69) is 5.32 Å². The normalized spacial score (nSPS) is 17.5. The van der Waals surface area contributed by atoms with E-state index >= 15 is 0 Å². The van der Waals surface area contributed by atoms with Crippen LogP contribution in [-0.2, 0) is 4.74 Å². The molecule has 0 spiro atoms. The topological polar surface area (TPSA) is 50.8 Å². The Morgan fingerprint density at radius 2 is 2.11 bits per heavy atom. The van der Waals surface area contributed by atoms with Gasteiger partial charge in [-0.15, -0.1) is 0 Å². The Balaban J connectivity index is 1.60. The molecular formula is C22H27ClN2O3. The molecule has 1 fully saturated rings. The zero-order chi connectivity index (χ0) is 19.9. The van der Waals surface area contributed by atoms with E-state index in [-0.39, 0.29) is 18.1 Å². The van der Waals surface area contributed by atoms with E-state index in [1.165, 1.54) is 0 Å². The van der Waals surface area contributed by atoms with Gasteiger partial charge in [0.15, 0.2) is 0 Å². The maximum absolute atomic E-state index is 12.7. The molecule has 1 saturated heterocycles. The van der Waals surface area contributed by atoms with E-state index in [9.17, 15) is 4.79 Å². The molecule has 1 heterocycles. The quantitative estimate of drug-likeness (QED) is 0.726. The van der Waals surface area contributed by atoms with Gasteiger partial charge in [0.1, 0.15) is 12.4 Å². The second-order valence-electron chi connectivity index (χ2n) is 7.18. The van der Waals surface area contributed by atoms with Crippen molar-refractivity contribution in [2.24, 2.45) is 0 Å². The Labute approximate surface area is 171 Å². The van der Waals surface area contributed by atoms with Crippen molar-refractivity contribution in [3.8, 4) is 5.75 Å². The molecule has 1 amide bonds. The van der Waals surface area contributed by atoms with Crippen LogP contribution in [0.4, 0.5) is 0 Å². The third kappa shape index (κ3) is 5.47. The summed E-state index contributed by atoms with van der Waals surface area (Å²) in [7, 11) is 3.94. The lowest BCUT2D eigenvalue weighted by molar-refractivity contribution is 0.0679. The summed E-state index contributed by atoms with van der Waals surface area (Å²) >= 11 is 6.34. The van der Waals surface area contributed by atoms with E-state index in [4.69, 9.17) is 21.1 Å². The lowest BCUT2D eigenvalue weighted by Gasteiger charge is -2.26. The SMILES string of the molecule is CN(C)[C@H](CNC(=O)c1cccc(OC[C@H]2CCCO2)c1)c1ccccc1Cl. The van der Waals surface area contributed by atoms with Crippen molar-refractivity contribution in [2.45, 2.75) is 25.0 Å². The third-order valence-electron chi connectivity index (χ3n) is 4.90. The first-order valence-electron chi connectivity index (χ1n) is 9.58. The van der Waals surface area contributed by atoms with Crippen molar-refractivity contribution in [1.82, 2.24) is 10.2 Å². The number of rotatable bonds is 8. The second kappa shape index (κ2) is 9.92. The Hall–Kier alpha value is -2.08. The van der Waals surface area contributed by atoms with Crippen molar-refractivity contribution in [3.05, 3.63) is 64.7 Å². The summed E-state index contributed by atoms with van der Waals surface area (Å²) in [5.74, 6) is 0.542. The van der Waals surface area contributed by atoms with Gasteiger partial charge >= 0.3 is 0 Å². The van der Waals surface area contributed by atoms with Gasteiger partial charge in [-0.25, -0.2) is 0 Å². The average Bonchev–Trinajstić information content (AvgIpc) is 3.21. The van der Waals surface area contributed by atoms with Crippen LogP contribution in [0.1, 0.15) is 34.8 Å². The molecule has 28 heavy (non-hydrogen) atoms. The number of benzene rings is 2.